The second-order valence-corrected chi connectivity index (χ2v) is 3.49. The first kappa shape index (κ1) is 8.29. The summed E-state index contributed by atoms with van der Waals surface area (Å²) in [6.07, 6.45) is 4.15. The van der Waals surface area contributed by atoms with Gasteiger partial charge in [0, 0.05) is 6.04 Å². The molecule has 4 heteroatoms. The lowest BCUT2D eigenvalue weighted by molar-refractivity contribution is -0.136. The SMILES string of the molecule is Cc1ncn(C2CC2)c1CC(=O)O. The van der Waals surface area contributed by atoms with E-state index in [0.717, 1.165) is 24.2 Å². The Bertz CT molecular complexity index is 339. The number of carbonyl (C=O) groups is 1. The minimum absolute atomic E-state index is 0.0856. The average Bonchev–Trinajstić information content (AvgIpc) is 2.81. The second kappa shape index (κ2) is 2.87. The lowest BCUT2D eigenvalue weighted by Gasteiger charge is -2.04. The van der Waals surface area contributed by atoms with E-state index in [-0.39, 0.29) is 6.42 Å². The van der Waals surface area contributed by atoms with E-state index in [2.05, 4.69) is 4.98 Å². The molecule has 70 valence electrons. The molecule has 2 rings (SSSR count). The van der Waals surface area contributed by atoms with Crippen molar-refractivity contribution >= 4 is 5.97 Å². The molecule has 1 saturated carbocycles. The zero-order chi connectivity index (χ0) is 9.42. The van der Waals surface area contributed by atoms with E-state index in [9.17, 15) is 4.79 Å². The molecular formula is C9H12N2O2. The van der Waals surface area contributed by atoms with Crippen LogP contribution in [0, 0.1) is 6.92 Å². The van der Waals surface area contributed by atoms with Crippen LogP contribution in [0.2, 0.25) is 0 Å². The molecule has 0 bridgehead atoms. The number of aliphatic carboxylic acids is 1. The molecule has 0 radical (unpaired) electrons. The van der Waals surface area contributed by atoms with Gasteiger partial charge in [-0.3, -0.25) is 4.79 Å². The number of carboxylic acid groups (broad SMARTS) is 1. The Hall–Kier alpha value is -1.32. The second-order valence-electron chi connectivity index (χ2n) is 3.49. The van der Waals surface area contributed by atoms with Gasteiger partial charge in [0.2, 0.25) is 0 Å². The molecule has 0 unspecified atom stereocenters. The Morgan fingerprint density at radius 2 is 2.46 bits per heavy atom. The molecule has 0 spiro atoms. The van der Waals surface area contributed by atoms with Gasteiger partial charge in [0.25, 0.3) is 0 Å². The minimum Gasteiger partial charge on any atom is -0.481 e. The Kier molecular flexibility index (Phi) is 1.83. The molecular weight excluding hydrogens is 168 g/mol. The van der Waals surface area contributed by atoms with Gasteiger partial charge in [0.05, 0.1) is 24.1 Å². The summed E-state index contributed by atoms with van der Waals surface area (Å²) >= 11 is 0. The fourth-order valence-corrected chi connectivity index (χ4v) is 1.51. The molecule has 1 heterocycles. The number of nitrogens with zero attached hydrogens (tertiary/aromatic N) is 2. The van der Waals surface area contributed by atoms with Gasteiger partial charge in [0.1, 0.15) is 0 Å². The van der Waals surface area contributed by atoms with Crippen LogP contribution < -0.4 is 0 Å². The zero-order valence-corrected chi connectivity index (χ0v) is 7.53. The van der Waals surface area contributed by atoms with Gasteiger partial charge in [0.15, 0.2) is 0 Å². The van der Waals surface area contributed by atoms with Gasteiger partial charge in [-0.15, -0.1) is 0 Å². The number of imidazole rings is 1. The van der Waals surface area contributed by atoms with E-state index in [1.807, 2.05) is 11.5 Å². The molecule has 1 aromatic heterocycles. The number of carboxylic acids is 1. The maximum Gasteiger partial charge on any atom is 0.309 e. The summed E-state index contributed by atoms with van der Waals surface area (Å²) in [5.41, 5.74) is 1.70. The molecule has 1 fully saturated rings. The smallest absolute Gasteiger partial charge is 0.309 e. The molecule has 0 amide bonds. The van der Waals surface area contributed by atoms with Crippen molar-refractivity contribution in [3.05, 3.63) is 17.7 Å². The van der Waals surface area contributed by atoms with Gasteiger partial charge < -0.3 is 9.67 Å². The highest BCUT2D eigenvalue weighted by molar-refractivity contribution is 5.69. The number of aryl methyl sites for hydroxylation is 1. The molecule has 0 atom stereocenters. The maximum atomic E-state index is 10.6. The van der Waals surface area contributed by atoms with E-state index in [0.29, 0.717) is 6.04 Å². The monoisotopic (exact) mass is 180 g/mol. The standard InChI is InChI=1S/C9H12N2O2/c1-6-8(4-9(12)13)11(5-10-6)7-2-3-7/h5,7H,2-4H2,1H3,(H,12,13). The number of aromatic nitrogens is 2. The van der Waals surface area contributed by atoms with E-state index in [1.54, 1.807) is 6.33 Å². The summed E-state index contributed by atoms with van der Waals surface area (Å²) in [7, 11) is 0. The van der Waals surface area contributed by atoms with E-state index in [1.165, 1.54) is 0 Å². The van der Waals surface area contributed by atoms with Gasteiger partial charge in [-0.1, -0.05) is 0 Å². The summed E-state index contributed by atoms with van der Waals surface area (Å²) < 4.78 is 2.00. The molecule has 0 aliphatic heterocycles. The van der Waals surface area contributed by atoms with Crippen LogP contribution in [0.5, 0.6) is 0 Å². The van der Waals surface area contributed by atoms with Crippen molar-refractivity contribution in [1.29, 1.82) is 0 Å². The molecule has 1 aliphatic carbocycles. The van der Waals surface area contributed by atoms with Crippen LogP contribution in [-0.2, 0) is 11.2 Å². The number of hydrogen-bond acceptors (Lipinski definition) is 2. The topological polar surface area (TPSA) is 55.1 Å². The van der Waals surface area contributed by atoms with E-state index in [4.69, 9.17) is 5.11 Å². The van der Waals surface area contributed by atoms with Crippen molar-refractivity contribution in [3.63, 3.8) is 0 Å². The van der Waals surface area contributed by atoms with Crippen LogP contribution in [0.15, 0.2) is 6.33 Å². The van der Waals surface area contributed by atoms with Crippen LogP contribution >= 0.6 is 0 Å². The summed E-state index contributed by atoms with van der Waals surface area (Å²) in [6, 6.07) is 0.510. The van der Waals surface area contributed by atoms with Crippen molar-refractivity contribution < 1.29 is 9.90 Å². The van der Waals surface area contributed by atoms with Gasteiger partial charge in [-0.2, -0.15) is 0 Å². The maximum absolute atomic E-state index is 10.6. The summed E-state index contributed by atoms with van der Waals surface area (Å²) in [4.78, 5) is 14.7. The molecule has 1 aliphatic rings. The Balaban J connectivity index is 2.28. The number of rotatable bonds is 3. The van der Waals surface area contributed by atoms with E-state index < -0.39 is 5.97 Å². The van der Waals surface area contributed by atoms with Crippen LogP contribution in [-0.4, -0.2) is 20.6 Å². The molecule has 0 aromatic carbocycles. The Morgan fingerprint density at radius 3 is 3.00 bits per heavy atom. The summed E-state index contributed by atoms with van der Waals surface area (Å²) in [5, 5.41) is 8.70. The number of hydrogen-bond donors (Lipinski definition) is 1. The lowest BCUT2D eigenvalue weighted by atomic mass is 10.2. The lowest BCUT2D eigenvalue weighted by Crippen LogP contribution is -2.07. The predicted octanol–water partition coefficient (Wildman–Crippen LogP) is 1.15. The minimum atomic E-state index is -0.787. The fraction of sp³-hybridized carbons (Fsp3) is 0.556. The average molecular weight is 180 g/mol. The first-order chi connectivity index (χ1) is 6.18. The van der Waals surface area contributed by atoms with Crippen LogP contribution in [0.3, 0.4) is 0 Å². The highest BCUT2D eigenvalue weighted by Gasteiger charge is 2.26. The van der Waals surface area contributed by atoms with Crippen molar-refractivity contribution in [1.82, 2.24) is 9.55 Å². The zero-order valence-electron chi connectivity index (χ0n) is 7.53. The van der Waals surface area contributed by atoms with Crippen molar-refractivity contribution in [2.45, 2.75) is 32.2 Å². The van der Waals surface area contributed by atoms with Crippen molar-refractivity contribution in [3.8, 4) is 0 Å². The van der Waals surface area contributed by atoms with Crippen LogP contribution in [0.1, 0.15) is 30.3 Å². The van der Waals surface area contributed by atoms with Crippen LogP contribution in [0.25, 0.3) is 0 Å². The highest BCUT2D eigenvalue weighted by Crippen LogP contribution is 2.36. The normalized spacial score (nSPS) is 16.1. The van der Waals surface area contributed by atoms with Gasteiger partial charge in [-0.05, 0) is 19.8 Å². The molecule has 13 heavy (non-hydrogen) atoms. The summed E-state index contributed by atoms with van der Waals surface area (Å²) in [6.45, 7) is 1.86. The first-order valence-corrected chi connectivity index (χ1v) is 4.42. The summed E-state index contributed by atoms with van der Waals surface area (Å²) in [5.74, 6) is -0.787. The third-order valence-corrected chi connectivity index (χ3v) is 2.36. The van der Waals surface area contributed by atoms with Crippen LogP contribution in [0.4, 0.5) is 0 Å². The third-order valence-electron chi connectivity index (χ3n) is 2.36. The van der Waals surface area contributed by atoms with Crippen molar-refractivity contribution in [2.75, 3.05) is 0 Å². The third kappa shape index (κ3) is 1.56. The largest absolute Gasteiger partial charge is 0.481 e. The predicted molar refractivity (Wildman–Crippen MR) is 46.6 cm³/mol. The molecule has 4 nitrogen and oxygen atoms in total. The van der Waals surface area contributed by atoms with E-state index >= 15 is 0 Å². The van der Waals surface area contributed by atoms with Gasteiger partial charge in [-0.25, -0.2) is 4.98 Å². The molecule has 1 N–H and O–H groups in total. The molecule has 1 aromatic rings. The quantitative estimate of drug-likeness (QED) is 0.759. The Morgan fingerprint density at radius 1 is 1.77 bits per heavy atom. The highest BCUT2D eigenvalue weighted by atomic mass is 16.4. The Labute approximate surface area is 76.2 Å². The molecule has 0 saturated heterocycles. The van der Waals surface area contributed by atoms with Crippen molar-refractivity contribution in [2.24, 2.45) is 0 Å². The first-order valence-electron chi connectivity index (χ1n) is 4.42. The fourth-order valence-electron chi connectivity index (χ4n) is 1.51. The van der Waals surface area contributed by atoms with Gasteiger partial charge >= 0.3 is 5.97 Å².